The number of hydrogen-bond donors (Lipinski definition) is 3. The lowest BCUT2D eigenvalue weighted by Gasteiger charge is -2.07. The number of benzene rings is 1. The minimum atomic E-state index is -0.0726. The summed E-state index contributed by atoms with van der Waals surface area (Å²) in [4.78, 5) is 1.30. The quantitative estimate of drug-likeness (QED) is 0.730. The maximum absolute atomic E-state index is 9.62. The van der Waals surface area contributed by atoms with E-state index < -0.39 is 0 Å². The number of thiophene rings is 1. The molecule has 0 unspecified atom stereocenters. The number of hydrogen-bond acceptors (Lipinski definition) is 4. The van der Waals surface area contributed by atoms with E-state index in [1.807, 2.05) is 0 Å². The van der Waals surface area contributed by atoms with E-state index >= 15 is 0 Å². The van der Waals surface area contributed by atoms with Gasteiger partial charge >= 0.3 is 0 Å². The molecule has 1 aromatic carbocycles. The van der Waals surface area contributed by atoms with Crippen LogP contribution in [0.25, 0.3) is 0 Å². The molecule has 90 valence electrons. The van der Waals surface area contributed by atoms with Crippen LogP contribution in [-0.4, -0.2) is 10.2 Å². The van der Waals surface area contributed by atoms with Gasteiger partial charge in [0.05, 0.1) is 0 Å². The van der Waals surface area contributed by atoms with Gasteiger partial charge in [0.2, 0.25) is 0 Å². The van der Waals surface area contributed by atoms with Crippen molar-refractivity contribution in [3.63, 3.8) is 0 Å². The Hall–Kier alpha value is -1.52. The molecule has 0 amide bonds. The van der Waals surface area contributed by atoms with Gasteiger partial charge in [-0.05, 0) is 30.0 Å². The Morgan fingerprint density at radius 1 is 1.18 bits per heavy atom. The number of nitrogens with one attached hydrogen (secondary N) is 1. The highest BCUT2D eigenvalue weighted by Gasteiger charge is 2.05. The summed E-state index contributed by atoms with van der Waals surface area (Å²) in [6.07, 6.45) is 0. The molecule has 0 saturated heterocycles. The van der Waals surface area contributed by atoms with Crippen LogP contribution in [0.2, 0.25) is 0 Å². The first kappa shape index (κ1) is 12.0. The smallest absolute Gasteiger partial charge is 0.161 e. The SMILES string of the molecule is Cc1ccsc1CNCc1cccc(O)c1O. The molecule has 0 aliphatic rings. The van der Waals surface area contributed by atoms with Crippen LogP contribution in [0.1, 0.15) is 16.0 Å². The summed E-state index contributed by atoms with van der Waals surface area (Å²) in [6.45, 7) is 3.40. The molecular formula is C13H15NO2S. The summed E-state index contributed by atoms with van der Waals surface area (Å²) in [5.74, 6) is -0.112. The van der Waals surface area contributed by atoms with Crippen molar-refractivity contribution in [3.05, 3.63) is 45.6 Å². The molecule has 0 bridgehead atoms. The van der Waals surface area contributed by atoms with Crippen LogP contribution in [0.3, 0.4) is 0 Å². The summed E-state index contributed by atoms with van der Waals surface area (Å²) in [7, 11) is 0. The van der Waals surface area contributed by atoms with Gasteiger partial charge in [-0.1, -0.05) is 12.1 Å². The number of aryl methyl sites for hydroxylation is 1. The van der Waals surface area contributed by atoms with E-state index in [4.69, 9.17) is 0 Å². The molecule has 1 aromatic heterocycles. The number of phenolic OH excluding ortho intramolecular Hbond substituents is 2. The van der Waals surface area contributed by atoms with Gasteiger partial charge in [0.15, 0.2) is 11.5 Å². The van der Waals surface area contributed by atoms with Crippen molar-refractivity contribution in [2.45, 2.75) is 20.0 Å². The van der Waals surface area contributed by atoms with E-state index in [1.165, 1.54) is 16.5 Å². The molecule has 1 heterocycles. The van der Waals surface area contributed by atoms with Gasteiger partial charge in [0.1, 0.15) is 0 Å². The molecule has 2 aromatic rings. The highest BCUT2D eigenvalue weighted by Crippen LogP contribution is 2.28. The van der Waals surface area contributed by atoms with Crippen LogP contribution in [-0.2, 0) is 13.1 Å². The zero-order valence-electron chi connectivity index (χ0n) is 9.60. The van der Waals surface area contributed by atoms with Gasteiger partial charge in [-0.15, -0.1) is 11.3 Å². The van der Waals surface area contributed by atoms with Gasteiger partial charge in [-0.2, -0.15) is 0 Å². The molecule has 2 rings (SSSR count). The van der Waals surface area contributed by atoms with Crippen molar-refractivity contribution in [1.29, 1.82) is 0 Å². The highest BCUT2D eigenvalue weighted by molar-refractivity contribution is 7.10. The first-order chi connectivity index (χ1) is 8.18. The second-order valence-corrected chi connectivity index (χ2v) is 4.92. The fourth-order valence-electron chi connectivity index (χ4n) is 1.62. The Morgan fingerprint density at radius 3 is 2.71 bits per heavy atom. The van der Waals surface area contributed by atoms with Crippen LogP contribution >= 0.6 is 11.3 Å². The predicted molar refractivity (Wildman–Crippen MR) is 69.4 cm³/mol. The second-order valence-electron chi connectivity index (χ2n) is 3.92. The van der Waals surface area contributed by atoms with Crippen molar-refractivity contribution in [1.82, 2.24) is 5.32 Å². The molecule has 3 N–H and O–H groups in total. The van der Waals surface area contributed by atoms with Crippen molar-refractivity contribution >= 4 is 11.3 Å². The van der Waals surface area contributed by atoms with E-state index in [1.54, 1.807) is 23.5 Å². The van der Waals surface area contributed by atoms with Crippen LogP contribution in [0, 0.1) is 6.92 Å². The van der Waals surface area contributed by atoms with Gasteiger partial charge in [-0.3, -0.25) is 0 Å². The van der Waals surface area contributed by atoms with Gasteiger partial charge < -0.3 is 15.5 Å². The lowest BCUT2D eigenvalue weighted by molar-refractivity contribution is 0.397. The molecule has 0 radical (unpaired) electrons. The summed E-state index contributed by atoms with van der Waals surface area (Å²) in [5.41, 5.74) is 1.99. The summed E-state index contributed by atoms with van der Waals surface area (Å²) >= 11 is 1.72. The largest absolute Gasteiger partial charge is 0.504 e. The summed E-state index contributed by atoms with van der Waals surface area (Å²) in [6, 6.07) is 7.08. The van der Waals surface area contributed by atoms with Crippen molar-refractivity contribution in [3.8, 4) is 11.5 Å². The lowest BCUT2D eigenvalue weighted by Crippen LogP contribution is -2.12. The Kier molecular flexibility index (Phi) is 3.66. The molecule has 17 heavy (non-hydrogen) atoms. The molecule has 0 spiro atoms. The zero-order chi connectivity index (χ0) is 12.3. The zero-order valence-corrected chi connectivity index (χ0v) is 10.4. The minimum Gasteiger partial charge on any atom is -0.504 e. The van der Waals surface area contributed by atoms with E-state index in [0.29, 0.717) is 12.1 Å². The Bertz CT molecular complexity index is 508. The van der Waals surface area contributed by atoms with E-state index in [-0.39, 0.29) is 11.5 Å². The van der Waals surface area contributed by atoms with E-state index in [9.17, 15) is 10.2 Å². The van der Waals surface area contributed by atoms with E-state index in [0.717, 1.165) is 6.54 Å². The third-order valence-corrected chi connectivity index (χ3v) is 3.69. The average Bonchev–Trinajstić information content (AvgIpc) is 2.71. The van der Waals surface area contributed by atoms with Gasteiger partial charge in [0.25, 0.3) is 0 Å². The molecule has 0 saturated carbocycles. The normalized spacial score (nSPS) is 10.6. The molecule has 0 atom stereocenters. The predicted octanol–water partition coefficient (Wildman–Crippen LogP) is 2.76. The van der Waals surface area contributed by atoms with Crippen molar-refractivity contribution < 1.29 is 10.2 Å². The topological polar surface area (TPSA) is 52.5 Å². The molecule has 0 aliphatic carbocycles. The number of aromatic hydroxyl groups is 2. The lowest BCUT2D eigenvalue weighted by atomic mass is 10.2. The number of phenols is 2. The maximum atomic E-state index is 9.62. The Labute approximate surface area is 104 Å². The monoisotopic (exact) mass is 249 g/mol. The molecule has 3 nitrogen and oxygen atoms in total. The fourth-order valence-corrected chi connectivity index (χ4v) is 2.49. The number of rotatable bonds is 4. The van der Waals surface area contributed by atoms with E-state index in [2.05, 4.69) is 23.7 Å². The molecular weight excluding hydrogens is 234 g/mol. The van der Waals surface area contributed by atoms with Crippen LogP contribution in [0.4, 0.5) is 0 Å². The molecule has 0 aliphatic heterocycles. The maximum Gasteiger partial charge on any atom is 0.161 e. The standard InChI is InChI=1S/C13H15NO2S/c1-9-5-6-17-12(9)8-14-7-10-3-2-4-11(15)13(10)16/h2-6,14-16H,7-8H2,1H3. The minimum absolute atomic E-state index is 0.0390. The third kappa shape index (κ3) is 2.78. The third-order valence-electron chi connectivity index (χ3n) is 2.67. The summed E-state index contributed by atoms with van der Waals surface area (Å²) < 4.78 is 0. The number of para-hydroxylation sites is 1. The summed E-state index contributed by atoms with van der Waals surface area (Å²) in [5, 5.41) is 24.3. The molecule has 0 fully saturated rings. The van der Waals surface area contributed by atoms with Crippen molar-refractivity contribution in [2.75, 3.05) is 0 Å². The fraction of sp³-hybridized carbons (Fsp3) is 0.231. The van der Waals surface area contributed by atoms with Gasteiger partial charge in [-0.25, -0.2) is 0 Å². The van der Waals surface area contributed by atoms with Crippen LogP contribution < -0.4 is 5.32 Å². The average molecular weight is 249 g/mol. The Balaban J connectivity index is 1.95. The van der Waals surface area contributed by atoms with Crippen molar-refractivity contribution in [2.24, 2.45) is 0 Å². The Morgan fingerprint density at radius 2 is 2.00 bits per heavy atom. The van der Waals surface area contributed by atoms with Gasteiger partial charge in [0, 0.05) is 23.5 Å². The first-order valence-electron chi connectivity index (χ1n) is 5.42. The second kappa shape index (κ2) is 5.21. The first-order valence-corrected chi connectivity index (χ1v) is 6.30. The highest BCUT2D eigenvalue weighted by atomic mass is 32.1. The van der Waals surface area contributed by atoms with Crippen LogP contribution in [0.5, 0.6) is 11.5 Å². The molecule has 4 heteroatoms. The van der Waals surface area contributed by atoms with Crippen LogP contribution in [0.15, 0.2) is 29.6 Å².